The van der Waals surface area contributed by atoms with Gasteiger partial charge in [0.25, 0.3) is 0 Å². The fourth-order valence-electron chi connectivity index (χ4n) is 1.83. The zero-order valence-electron chi connectivity index (χ0n) is 13.1. The average molecular weight is 311 g/mol. The van der Waals surface area contributed by atoms with Crippen molar-refractivity contribution in [1.82, 2.24) is 10.6 Å². The van der Waals surface area contributed by atoms with Crippen molar-refractivity contribution in [2.75, 3.05) is 24.4 Å². The maximum Gasteiger partial charge on any atom is 0.319 e. The molecule has 0 bridgehead atoms. The number of nitrogens with one attached hydrogen (secondary N) is 3. The predicted octanol–water partition coefficient (Wildman–Crippen LogP) is 2.25. The summed E-state index contributed by atoms with van der Waals surface area (Å²) in [6.45, 7) is 3.98. The van der Waals surface area contributed by atoms with E-state index in [4.69, 9.17) is 0 Å². The van der Waals surface area contributed by atoms with Crippen molar-refractivity contribution in [3.8, 4) is 0 Å². The van der Waals surface area contributed by atoms with Crippen molar-refractivity contribution in [1.29, 1.82) is 0 Å². The monoisotopic (exact) mass is 311 g/mol. The standard InChI is InChI=1S/C15H25N3O2S/c1-11(9-10-21(4)20)17-15(19)18-14-7-5-13(6-8-14)12(2)16-3/h5-8,11-12,16H,9-10H2,1-4H3,(H2,17,18,19). The van der Waals surface area contributed by atoms with Crippen LogP contribution in [0.2, 0.25) is 0 Å². The summed E-state index contributed by atoms with van der Waals surface area (Å²) in [5, 5.41) is 8.80. The molecule has 1 rings (SSSR count). The molecule has 0 radical (unpaired) electrons. The number of urea groups is 1. The Labute approximate surface area is 129 Å². The number of benzene rings is 1. The first-order chi connectivity index (χ1) is 9.92. The van der Waals surface area contributed by atoms with Crippen LogP contribution in [0.25, 0.3) is 0 Å². The van der Waals surface area contributed by atoms with E-state index in [-0.39, 0.29) is 18.1 Å². The number of hydrogen-bond acceptors (Lipinski definition) is 3. The van der Waals surface area contributed by atoms with Crippen LogP contribution in [0.1, 0.15) is 31.9 Å². The van der Waals surface area contributed by atoms with Crippen LogP contribution >= 0.6 is 0 Å². The molecule has 5 nitrogen and oxygen atoms in total. The van der Waals surface area contributed by atoms with Crippen molar-refractivity contribution in [2.24, 2.45) is 0 Å². The minimum absolute atomic E-state index is 0.00233. The van der Waals surface area contributed by atoms with Crippen LogP contribution in [0, 0.1) is 0 Å². The molecule has 0 saturated heterocycles. The van der Waals surface area contributed by atoms with Gasteiger partial charge in [-0.2, -0.15) is 0 Å². The van der Waals surface area contributed by atoms with Gasteiger partial charge in [-0.05, 0) is 45.0 Å². The van der Waals surface area contributed by atoms with Gasteiger partial charge in [-0.3, -0.25) is 4.21 Å². The Morgan fingerprint density at radius 3 is 2.38 bits per heavy atom. The number of anilines is 1. The van der Waals surface area contributed by atoms with E-state index in [1.165, 1.54) is 5.56 Å². The van der Waals surface area contributed by atoms with E-state index in [2.05, 4.69) is 22.9 Å². The summed E-state index contributed by atoms with van der Waals surface area (Å²) in [6.07, 6.45) is 2.37. The Morgan fingerprint density at radius 2 is 1.86 bits per heavy atom. The summed E-state index contributed by atoms with van der Waals surface area (Å²) in [5.74, 6) is 0.595. The van der Waals surface area contributed by atoms with Gasteiger partial charge in [0.2, 0.25) is 0 Å². The fourth-order valence-corrected chi connectivity index (χ4v) is 2.51. The molecule has 0 aliphatic carbocycles. The molecule has 0 spiro atoms. The highest BCUT2D eigenvalue weighted by Gasteiger charge is 2.08. The molecule has 3 atom stereocenters. The summed E-state index contributed by atoms with van der Waals surface area (Å²) >= 11 is 0. The van der Waals surface area contributed by atoms with Crippen molar-refractivity contribution in [3.05, 3.63) is 29.8 Å². The van der Waals surface area contributed by atoms with Crippen LogP contribution in [0.15, 0.2) is 24.3 Å². The molecule has 2 amide bonds. The molecule has 1 aromatic rings. The third kappa shape index (κ3) is 6.73. The number of hydrogen-bond donors (Lipinski definition) is 3. The number of carbonyl (C=O) groups excluding carboxylic acids is 1. The van der Waals surface area contributed by atoms with E-state index in [1.807, 2.05) is 38.2 Å². The zero-order valence-corrected chi connectivity index (χ0v) is 13.9. The largest absolute Gasteiger partial charge is 0.335 e. The second kappa shape index (κ2) is 8.79. The topological polar surface area (TPSA) is 70.2 Å². The molecule has 0 fully saturated rings. The van der Waals surface area contributed by atoms with Crippen LogP contribution in [-0.2, 0) is 10.8 Å². The molecule has 118 valence electrons. The van der Waals surface area contributed by atoms with E-state index < -0.39 is 10.8 Å². The summed E-state index contributed by atoms with van der Waals surface area (Å²) < 4.78 is 11.0. The first kappa shape index (κ1) is 17.7. The van der Waals surface area contributed by atoms with E-state index in [1.54, 1.807) is 6.26 Å². The lowest BCUT2D eigenvalue weighted by Crippen LogP contribution is -2.36. The molecule has 0 aliphatic heterocycles. The molecule has 3 N–H and O–H groups in total. The lowest BCUT2D eigenvalue weighted by atomic mass is 10.1. The highest BCUT2D eigenvalue weighted by Crippen LogP contribution is 2.15. The first-order valence-electron chi connectivity index (χ1n) is 7.07. The Kier molecular flexibility index (Phi) is 7.39. The lowest BCUT2D eigenvalue weighted by molar-refractivity contribution is 0.249. The molecule has 0 saturated carbocycles. The molecular weight excluding hydrogens is 286 g/mol. The van der Waals surface area contributed by atoms with Crippen LogP contribution in [-0.4, -0.2) is 35.3 Å². The van der Waals surface area contributed by atoms with E-state index >= 15 is 0 Å². The summed E-state index contributed by atoms with van der Waals surface area (Å²) in [6, 6.07) is 7.78. The SMILES string of the molecule is CNC(C)c1ccc(NC(=O)NC(C)CCS(C)=O)cc1. The van der Waals surface area contributed by atoms with Crippen LogP contribution in [0.5, 0.6) is 0 Å². The molecule has 0 heterocycles. The van der Waals surface area contributed by atoms with Gasteiger partial charge in [-0.1, -0.05) is 12.1 Å². The second-order valence-corrected chi connectivity index (χ2v) is 6.75. The van der Waals surface area contributed by atoms with Crippen LogP contribution in [0.3, 0.4) is 0 Å². The van der Waals surface area contributed by atoms with Gasteiger partial charge < -0.3 is 16.0 Å². The summed E-state index contributed by atoms with van der Waals surface area (Å²) in [5.41, 5.74) is 1.92. The van der Waals surface area contributed by atoms with Gasteiger partial charge in [0.1, 0.15) is 0 Å². The second-order valence-electron chi connectivity index (χ2n) is 5.20. The van der Waals surface area contributed by atoms with Crippen LogP contribution in [0.4, 0.5) is 10.5 Å². The van der Waals surface area contributed by atoms with Gasteiger partial charge >= 0.3 is 6.03 Å². The average Bonchev–Trinajstić information content (AvgIpc) is 2.45. The number of amides is 2. The highest BCUT2D eigenvalue weighted by molar-refractivity contribution is 7.84. The molecule has 0 aromatic heterocycles. The minimum Gasteiger partial charge on any atom is -0.335 e. The van der Waals surface area contributed by atoms with Crippen molar-refractivity contribution < 1.29 is 9.00 Å². The van der Waals surface area contributed by atoms with E-state index in [0.29, 0.717) is 12.2 Å². The van der Waals surface area contributed by atoms with Crippen molar-refractivity contribution >= 4 is 22.5 Å². The van der Waals surface area contributed by atoms with Crippen molar-refractivity contribution in [2.45, 2.75) is 32.4 Å². The predicted molar refractivity (Wildman–Crippen MR) is 89.1 cm³/mol. The molecular formula is C15H25N3O2S. The molecule has 1 aromatic carbocycles. The van der Waals surface area contributed by atoms with E-state index in [9.17, 15) is 9.00 Å². The fraction of sp³-hybridized carbons (Fsp3) is 0.533. The van der Waals surface area contributed by atoms with Crippen LogP contribution < -0.4 is 16.0 Å². The molecule has 6 heteroatoms. The van der Waals surface area contributed by atoms with Gasteiger partial charge in [0.05, 0.1) is 0 Å². The third-order valence-electron chi connectivity index (χ3n) is 3.32. The maximum atomic E-state index is 11.8. The zero-order chi connectivity index (χ0) is 15.8. The van der Waals surface area contributed by atoms with Gasteiger partial charge in [-0.15, -0.1) is 0 Å². The Balaban J connectivity index is 2.45. The number of rotatable bonds is 7. The Hall–Kier alpha value is -1.40. The smallest absolute Gasteiger partial charge is 0.319 e. The van der Waals surface area contributed by atoms with Gasteiger partial charge in [0, 0.05) is 40.6 Å². The molecule has 21 heavy (non-hydrogen) atoms. The quantitative estimate of drug-likeness (QED) is 0.723. The summed E-state index contributed by atoms with van der Waals surface area (Å²) in [4.78, 5) is 11.8. The normalized spacial score (nSPS) is 15.0. The van der Waals surface area contributed by atoms with Gasteiger partial charge in [-0.25, -0.2) is 4.79 Å². The number of carbonyl (C=O) groups is 1. The first-order valence-corrected chi connectivity index (χ1v) is 8.80. The molecule has 0 aliphatic rings. The van der Waals surface area contributed by atoms with E-state index in [0.717, 1.165) is 5.69 Å². The molecule has 3 unspecified atom stereocenters. The Bertz CT molecular complexity index is 476. The maximum absolute atomic E-state index is 11.8. The summed E-state index contributed by atoms with van der Waals surface area (Å²) in [7, 11) is 1.09. The Morgan fingerprint density at radius 1 is 1.24 bits per heavy atom. The van der Waals surface area contributed by atoms with Gasteiger partial charge in [0.15, 0.2) is 0 Å². The minimum atomic E-state index is -0.825. The van der Waals surface area contributed by atoms with Crippen molar-refractivity contribution in [3.63, 3.8) is 0 Å². The lowest BCUT2D eigenvalue weighted by Gasteiger charge is -2.15. The third-order valence-corrected chi connectivity index (χ3v) is 4.13. The highest BCUT2D eigenvalue weighted by atomic mass is 32.2.